The van der Waals surface area contributed by atoms with Crippen LogP contribution in [0, 0.1) is 5.82 Å². The first kappa shape index (κ1) is 16.9. The lowest BCUT2D eigenvalue weighted by Crippen LogP contribution is -2.39. The molecule has 5 nitrogen and oxygen atoms in total. The summed E-state index contributed by atoms with van der Waals surface area (Å²) < 4.78 is 13.0. The first-order valence-electron chi connectivity index (χ1n) is 7.20. The summed E-state index contributed by atoms with van der Waals surface area (Å²) in [5.74, 6) is -0.157. The average molecular weight is 317 g/mol. The first-order valence-corrected chi connectivity index (χ1v) is 7.20. The fourth-order valence-electron chi connectivity index (χ4n) is 2.19. The minimum atomic E-state index is -1.30. The van der Waals surface area contributed by atoms with Crippen LogP contribution in [0.4, 0.5) is 10.2 Å². The number of anilines is 1. The second kappa shape index (κ2) is 6.75. The molecule has 1 heterocycles. The summed E-state index contributed by atoms with van der Waals surface area (Å²) in [6.07, 6.45) is 1.61. The number of hydrogen-bond acceptors (Lipinski definition) is 4. The molecule has 122 valence electrons. The minimum absolute atomic E-state index is 0.000765. The number of hydrogen-bond donors (Lipinski definition) is 2. The van der Waals surface area contributed by atoms with Gasteiger partial charge in [-0.3, -0.25) is 4.79 Å². The van der Waals surface area contributed by atoms with Crippen molar-refractivity contribution < 1.29 is 14.3 Å². The summed E-state index contributed by atoms with van der Waals surface area (Å²) in [6, 6.07) is 8.89. The Morgan fingerprint density at radius 3 is 2.57 bits per heavy atom. The molecule has 0 aliphatic carbocycles. The average Bonchev–Trinajstić information content (AvgIpc) is 2.53. The van der Waals surface area contributed by atoms with Crippen LogP contribution in [-0.4, -0.2) is 36.6 Å². The first-order chi connectivity index (χ1) is 10.8. The number of halogens is 1. The minimum Gasteiger partial charge on any atom is -0.384 e. The predicted octanol–water partition coefficient (Wildman–Crippen LogP) is 1.92. The van der Waals surface area contributed by atoms with E-state index in [1.807, 2.05) is 0 Å². The van der Waals surface area contributed by atoms with Gasteiger partial charge in [0.05, 0.1) is 12.1 Å². The highest BCUT2D eigenvalue weighted by Crippen LogP contribution is 2.20. The van der Waals surface area contributed by atoms with Gasteiger partial charge in [-0.25, -0.2) is 9.37 Å². The zero-order valence-corrected chi connectivity index (χ0v) is 13.4. The van der Waals surface area contributed by atoms with Crippen molar-refractivity contribution in [3.63, 3.8) is 0 Å². The van der Waals surface area contributed by atoms with E-state index >= 15 is 0 Å². The van der Waals surface area contributed by atoms with Crippen LogP contribution in [0.25, 0.3) is 0 Å². The standard InChI is InChI=1S/C17H20FN3O2/c1-17(23,12-6-8-13(18)9-7-12)11-20-16(22)14-5-4-10-19-15(14)21(2)3/h4-10,23H,11H2,1-3H3,(H,20,22). The number of rotatable bonds is 5. The summed E-state index contributed by atoms with van der Waals surface area (Å²) in [4.78, 5) is 18.3. The lowest BCUT2D eigenvalue weighted by Gasteiger charge is -2.24. The van der Waals surface area contributed by atoms with Crippen molar-refractivity contribution in [1.82, 2.24) is 10.3 Å². The van der Waals surface area contributed by atoms with Crippen LogP contribution in [0.5, 0.6) is 0 Å². The van der Waals surface area contributed by atoms with Crippen molar-refractivity contribution in [2.45, 2.75) is 12.5 Å². The van der Waals surface area contributed by atoms with E-state index in [-0.39, 0.29) is 18.3 Å². The normalized spacial score (nSPS) is 13.3. The van der Waals surface area contributed by atoms with Crippen molar-refractivity contribution in [3.05, 3.63) is 59.5 Å². The molecule has 1 amide bonds. The van der Waals surface area contributed by atoms with E-state index in [0.29, 0.717) is 16.9 Å². The van der Waals surface area contributed by atoms with Crippen molar-refractivity contribution in [2.75, 3.05) is 25.5 Å². The highest BCUT2D eigenvalue weighted by atomic mass is 19.1. The van der Waals surface area contributed by atoms with E-state index < -0.39 is 5.60 Å². The maximum atomic E-state index is 13.0. The van der Waals surface area contributed by atoms with Gasteiger partial charge >= 0.3 is 0 Å². The van der Waals surface area contributed by atoms with Gasteiger partial charge in [0.1, 0.15) is 17.2 Å². The van der Waals surface area contributed by atoms with Gasteiger partial charge in [0.2, 0.25) is 0 Å². The van der Waals surface area contributed by atoms with E-state index in [2.05, 4.69) is 10.3 Å². The maximum Gasteiger partial charge on any atom is 0.255 e. The molecule has 2 aromatic rings. The van der Waals surface area contributed by atoms with Crippen LogP contribution in [0.3, 0.4) is 0 Å². The Morgan fingerprint density at radius 2 is 1.96 bits per heavy atom. The molecule has 2 N–H and O–H groups in total. The fraction of sp³-hybridized carbons (Fsp3) is 0.294. The Bertz CT molecular complexity index is 684. The van der Waals surface area contributed by atoms with Gasteiger partial charge in [-0.15, -0.1) is 0 Å². The summed E-state index contributed by atoms with van der Waals surface area (Å²) in [6.45, 7) is 1.57. The molecule has 0 saturated heterocycles. The smallest absolute Gasteiger partial charge is 0.255 e. The van der Waals surface area contributed by atoms with Crippen LogP contribution >= 0.6 is 0 Å². The van der Waals surface area contributed by atoms with E-state index in [1.165, 1.54) is 24.3 Å². The number of pyridine rings is 1. The molecular formula is C17H20FN3O2. The van der Waals surface area contributed by atoms with Gasteiger partial charge in [-0.2, -0.15) is 0 Å². The number of aromatic nitrogens is 1. The molecule has 0 spiro atoms. The second-order valence-electron chi connectivity index (χ2n) is 5.73. The Morgan fingerprint density at radius 1 is 1.30 bits per heavy atom. The highest BCUT2D eigenvalue weighted by molar-refractivity contribution is 5.98. The zero-order chi connectivity index (χ0) is 17.0. The summed E-state index contributed by atoms with van der Waals surface area (Å²) in [5.41, 5.74) is -0.352. The molecule has 0 bridgehead atoms. The topological polar surface area (TPSA) is 65.5 Å². The summed E-state index contributed by atoms with van der Waals surface area (Å²) in [7, 11) is 3.60. The largest absolute Gasteiger partial charge is 0.384 e. The molecule has 0 radical (unpaired) electrons. The monoisotopic (exact) mass is 317 g/mol. The van der Waals surface area contributed by atoms with Gasteiger partial charge in [-0.1, -0.05) is 12.1 Å². The van der Waals surface area contributed by atoms with Gasteiger partial charge < -0.3 is 15.3 Å². The third-order valence-electron chi connectivity index (χ3n) is 3.51. The zero-order valence-electron chi connectivity index (χ0n) is 13.4. The molecular weight excluding hydrogens is 297 g/mol. The van der Waals surface area contributed by atoms with Crippen molar-refractivity contribution >= 4 is 11.7 Å². The van der Waals surface area contributed by atoms with Gasteiger partial charge in [0.25, 0.3) is 5.91 Å². The molecule has 0 saturated carbocycles. The van der Waals surface area contributed by atoms with Crippen molar-refractivity contribution in [1.29, 1.82) is 0 Å². The lowest BCUT2D eigenvalue weighted by atomic mass is 9.96. The lowest BCUT2D eigenvalue weighted by molar-refractivity contribution is 0.0526. The third-order valence-corrected chi connectivity index (χ3v) is 3.51. The van der Waals surface area contributed by atoms with Crippen LogP contribution in [-0.2, 0) is 5.60 Å². The van der Waals surface area contributed by atoms with Gasteiger partial charge in [0.15, 0.2) is 0 Å². The van der Waals surface area contributed by atoms with Crippen LogP contribution < -0.4 is 10.2 Å². The Balaban J connectivity index is 2.11. The van der Waals surface area contributed by atoms with E-state index in [4.69, 9.17) is 0 Å². The van der Waals surface area contributed by atoms with E-state index in [9.17, 15) is 14.3 Å². The predicted molar refractivity (Wildman–Crippen MR) is 86.9 cm³/mol. The molecule has 6 heteroatoms. The Labute approximate surface area is 134 Å². The summed E-state index contributed by atoms with van der Waals surface area (Å²) in [5, 5.41) is 13.2. The number of carbonyl (C=O) groups excluding carboxylic acids is 1. The van der Waals surface area contributed by atoms with Gasteiger partial charge in [-0.05, 0) is 36.8 Å². The molecule has 1 unspecified atom stereocenters. The van der Waals surface area contributed by atoms with Crippen molar-refractivity contribution in [2.24, 2.45) is 0 Å². The number of benzene rings is 1. The molecule has 1 aromatic heterocycles. The van der Waals surface area contributed by atoms with Crippen molar-refractivity contribution in [3.8, 4) is 0 Å². The quantitative estimate of drug-likeness (QED) is 0.884. The van der Waals surface area contributed by atoms with Gasteiger partial charge in [0, 0.05) is 20.3 Å². The molecule has 1 atom stereocenters. The number of amides is 1. The van der Waals surface area contributed by atoms with E-state index in [1.54, 1.807) is 44.2 Å². The Kier molecular flexibility index (Phi) is 4.95. The molecule has 0 aliphatic rings. The number of aliphatic hydroxyl groups is 1. The molecule has 2 rings (SSSR count). The van der Waals surface area contributed by atoms with Crippen LogP contribution in [0.2, 0.25) is 0 Å². The maximum absolute atomic E-state index is 13.0. The van der Waals surface area contributed by atoms with E-state index in [0.717, 1.165) is 0 Å². The molecule has 0 aliphatic heterocycles. The molecule has 0 fully saturated rings. The van der Waals surface area contributed by atoms with Crippen LogP contribution in [0.15, 0.2) is 42.6 Å². The van der Waals surface area contributed by atoms with Crippen LogP contribution in [0.1, 0.15) is 22.8 Å². The Hall–Kier alpha value is -2.47. The number of nitrogens with zero attached hydrogens (tertiary/aromatic N) is 2. The third kappa shape index (κ3) is 4.04. The molecule has 1 aromatic carbocycles. The summed E-state index contributed by atoms with van der Waals surface area (Å²) >= 11 is 0. The number of nitrogens with one attached hydrogen (secondary N) is 1. The highest BCUT2D eigenvalue weighted by Gasteiger charge is 2.25. The SMILES string of the molecule is CN(C)c1ncccc1C(=O)NCC(C)(O)c1ccc(F)cc1. The number of carbonyl (C=O) groups is 1. The molecule has 23 heavy (non-hydrogen) atoms. The fourth-order valence-corrected chi connectivity index (χ4v) is 2.19. The second-order valence-corrected chi connectivity index (χ2v) is 5.73.